The highest BCUT2D eigenvalue weighted by Gasteiger charge is 2.31. The molecule has 3 rings (SSSR count). The third kappa shape index (κ3) is 2.53. The van der Waals surface area contributed by atoms with Gasteiger partial charge in [-0.05, 0) is 24.6 Å². The Morgan fingerprint density at radius 1 is 1.25 bits per heavy atom. The number of hydrogen-bond acceptors (Lipinski definition) is 4. The molecule has 1 aliphatic heterocycles. The topological polar surface area (TPSA) is 104 Å². The number of nitrogens with one attached hydrogen (secondary N) is 1. The van der Waals surface area contributed by atoms with Crippen molar-refractivity contribution in [2.45, 2.75) is 18.2 Å². The van der Waals surface area contributed by atoms with Crippen LogP contribution in [-0.4, -0.2) is 38.5 Å². The van der Waals surface area contributed by atoms with Crippen LogP contribution in [-0.2, 0) is 14.8 Å². The maximum Gasteiger partial charge on any atom is 0.318 e. The van der Waals surface area contributed by atoms with E-state index >= 15 is 0 Å². The number of amides is 1. The molecule has 0 bridgehead atoms. The first-order chi connectivity index (χ1) is 11.4. The van der Waals surface area contributed by atoms with Crippen LogP contribution in [0.4, 0.5) is 5.69 Å². The Morgan fingerprint density at radius 2 is 2.00 bits per heavy atom. The average Bonchev–Trinajstić information content (AvgIpc) is 2.81. The number of benzene rings is 2. The number of sulfonamides is 1. The lowest BCUT2D eigenvalue weighted by atomic mass is 10.1. The highest BCUT2D eigenvalue weighted by atomic mass is 32.2. The largest absolute Gasteiger partial charge is 0.480 e. The van der Waals surface area contributed by atoms with E-state index in [1.165, 1.54) is 6.07 Å². The van der Waals surface area contributed by atoms with Gasteiger partial charge in [-0.15, -0.1) is 0 Å². The van der Waals surface area contributed by atoms with Crippen LogP contribution in [0.25, 0.3) is 10.8 Å². The average molecular weight is 348 g/mol. The number of hydrogen-bond donors (Lipinski definition) is 2. The monoisotopic (exact) mass is 348 g/mol. The fourth-order valence-corrected chi connectivity index (χ4v) is 4.11. The molecular weight excluding hydrogens is 332 g/mol. The molecule has 1 amide bonds. The Hall–Kier alpha value is -2.45. The summed E-state index contributed by atoms with van der Waals surface area (Å²) in [6.45, 7) is 1.81. The van der Waals surface area contributed by atoms with Crippen molar-refractivity contribution < 1.29 is 23.1 Å². The minimum Gasteiger partial charge on any atom is -0.480 e. The molecule has 2 aromatic rings. The minimum absolute atomic E-state index is 0.0319. The smallest absolute Gasteiger partial charge is 0.318 e. The van der Waals surface area contributed by atoms with Crippen molar-refractivity contribution in [2.24, 2.45) is 0 Å². The predicted molar refractivity (Wildman–Crippen MR) is 88.7 cm³/mol. The molecule has 8 heteroatoms. The molecule has 0 saturated heterocycles. The SMILES string of the molecule is CCCN1C(=O)c2cccc3c(S(=O)(=O)NCC(=O)O)ccc1c23. The van der Waals surface area contributed by atoms with Gasteiger partial charge in [-0.1, -0.05) is 19.1 Å². The van der Waals surface area contributed by atoms with Crippen molar-refractivity contribution in [3.05, 3.63) is 35.9 Å². The number of carboxylic acids is 1. The maximum absolute atomic E-state index is 12.5. The summed E-state index contributed by atoms with van der Waals surface area (Å²) in [4.78, 5) is 24.8. The Bertz CT molecular complexity index is 952. The second-order valence-corrected chi connectivity index (χ2v) is 7.22. The predicted octanol–water partition coefficient (Wildman–Crippen LogP) is 1.57. The van der Waals surface area contributed by atoms with Crippen molar-refractivity contribution in [3.63, 3.8) is 0 Å². The van der Waals surface area contributed by atoms with Crippen LogP contribution in [0.3, 0.4) is 0 Å². The molecule has 7 nitrogen and oxygen atoms in total. The van der Waals surface area contributed by atoms with Gasteiger partial charge in [0.25, 0.3) is 5.91 Å². The Labute approximate surface area is 138 Å². The van der Waals surface area contributed by atoms with E-state index in [0.29, 0.717) is 28.6 Å². The van der Waals surface area contributed by atoms with Crippen LogP contribution in [0.1, 0.15) is 23.7 Å². The molecule has 0 saturated carbocycles. The summed E-state index contributed by atoms with van der Waals surface area (Å²) in [7, 11) is -4.00. The summed E-state index contributed by atoms with van der Waals surface area (Å²) in [5.74, 6) is -1.42. The van der Waals surface area contributed by atoms with E-state index in [2.05, 4.69) is 0 Å². The van der Waals surface area contributed by atoms with E-state index in [1.54, 1.807) is 29.2 Å². The molecule has 0 fully saturated rings. The van der Waals surface area contributed by atoms with Crippen LogP contribution in [0, 0.1) is 0 Å². The van der Waals surface area contributed by atoms with E-state index in [4.69, 9.17) is 5.11 Å². The number of carboxylic acid groups (broad SMARTS) is 1. The first kappa shape index (κ1) is 16.4. The first-order valence-electron chi connectivity index (χ1n) is 7.46. The lowest BCUT2D eigenvalue weighted by Crippen LogP contribution is -2.29. The second-order valence-electron chi connectivity index (χ2n) is 5.49. The highest BCUT2D eigenvalue weighted by molar-refractivity contribution is 7.89. The van der Waals surface area contributed by atoms with E-state index in [9.17, 15) is 18.0 Å². The fourth-order valence-electron chi connectivity index (χ4n) is 2.93. The zero-order chi connectivity index (χ0) is 17.5. The molecule has 0 spiro atoms. The van der Waals surface area contributed by atoms with Gasteiger partial charge in [0.05, 0.1) is 10.6 Å². The molecule has 24 heavy (non-hydrogen) atoms. The van der Waals surface area contributed by atoms with Crippen LogP contribution < -0.4 is 9.62 Å². The molecule has 0 aliphatic carbocycles. The Balaban J connectivity index is 2.19. The molecular formula is C16H16N2O5S. The summed E-state index contributed by atoms with van der Waals surface area (Å²) < 4.78 is 26.9. The molecule has 126 valence electrons. The van der Waals surface area contributed by atoms with Crippen LogP contribution in [0.5, 0.6) is 0 Å². The number of rotatable bonds is 6. The van der Waals surface area contributed by atoms with Gasteiger partial charge < -0.3 is 10.0 Å². The molecule has 1 aliphatic rings. The molecule has 0 aromatic heterocycles. The van der Waals surface area contributed by atoms with E-state index in [0.717, 1.165) is 6.42 Å². The summed E-state index contributed by atoms with van der Waals surface area (Å²) in [5.41, 5.74) is 1.15. The summed E-state index contributed by atoms with van der Waals surface area (Å²) >= 11 is 0. The highest BCUT2D eigenvalue weighted by Crippen LogP contribution is 2.40. The zero-order valence-corrected chi connectivity index (χ0v) is 13.8. The molecule has 0 unspecified atom stereocenters. The van der Waals surface area contributed by atoms with Gasteiger partial charge in [-0.2, -0.15) is 4.72 Å². The van der Waals surface area contributed by atoms with Gasteiger partial charge in [0.15, 0.2) is 0 Å². The molecule has 2 N–H and O–H groups in total. The normalized spacial score (nSPS) is 13.7. The van der Waals surface area contributed by atoms with Crippen molar-refractivity contribution in [1.29, 1.82) is 0 Å². The minimum atomic E-state index is -4.00. The standard InChI is InChI=1S/C16H16N2O5S/c1-2-8-18-12-6-7-13(24(22,23)17-9-14(19)20)10-4-3-5-11(15(10)12)16(18)21/h3-7,17H,2,8-9H2,1H3,(H,19,20). The van der Waals surface area contributed by atoms with Gasteiger partial charge in [0.1, 0.15) is 6.54 Å². The van der Waals surface area contributed by atoms with Crippen LogP contribution >= 0.6 is 0 Å². The van der Waals surface area contributed by atoms with Crippen LogP contribution in [0.2, 0.25) is 0 Å². The van der Waals surface area contributed by atoms with E-state index < -0.39 is 22.5 Å². The lowest BCUT2D eigenvalue weighted by Gasteiger charge is -2.17. The van der Waals surface area contributed by atoms with E-state index in [1.807, 2.05) is 11.6 Å². The number of anilines is 1. The number of carbonyl (C=O) groups excluding carboxylic acids is 1. The van der Waals surface area contributed by atoms with Gasteiger partial charge in [0, 0.05) is 22.9 Å². The third-order valence-electron chi connectivity index (χ3n) is 3.90. The van der Waals surface area contributed by atoms with Gasteiger partial charge in [0.2, 0.25) is 10.0 Å². The van der Waals surface area contributed by atoms with Crippen molar-refractivity contribution in [1.82, 2.24) is 4.72 Å². The Kier molecular flexibility index (Phi) is 4.02. The first-order valence-corrected chi connectivity index (χ1v) is 8.94. The second kappa shape index (κ2) is 5.88. The Morgan fingerprint density at radius 3 is 2.67 bits per heavy atom. The van der Waals surface area contributed by atoms with Gasteiger partial charge in [-0.3, -0.25) is 9.59 Å². The third-order valence-corrected chi connectivity index (χ3v) is 5.35. The van der Waals surface area contributed by atoms with Crippen molar-refractivity contribution in [2.75, 3.05) is 18.0 Å². The fraction of sp³-hybridized carbons (Fsp3) is 0.250. The number of aliphatic carboxylic acids is 1. The quantitative estimate of drug-likeness (QED) is 0.825. The number of nitrogens with zero attached hydrogens (tertiary/aromatic N) is 1. The summed E-state index contributed by atoms with van der Waals surface area (Å²) in [5, 5.41) is 9.69. The molecule has 1 heterocycles. The maximum atomic E-state index is 12.5. The van der Waals surface area contributed by atoms with E-state index in [-0.39, 0.29) is 10.8 Å². The summed E-state index contributed by atoms with van der Waals surface area (Å²) in [6, 6.07) is 7.94. The van der Waals surface area contributed by atoms with Crippen molar-refractivity contribution in [3.8, 4) is 0 Å². The van der Waals surface area contributed by atoms with Gasteiger partial charge >= 0.3 is 5.97 Å². The van der Waals surface area contributed by atoms with Crippen molar-refractivity contribution >= 4 is 38.4 Å². The zero-order valence-electron chi connectivity index (χ0n) is 12.9. The molecule has 0 atom stereocenters. The molecule has 0 radical (unpaired) electrons. The number of carbonyl (C=O) groups is 2. The molecule has 2 aromatic carbocycles. The summed E-state index contributed by atoms with van der Waals surface area (Å²) in [6.07, 6.45) is 0.779. The van der Waals surface area contributed by atoms with Gasteiger partial charge in [-0.25, -0.2) is 8.42 Å². The lowest BCUT2D eigenvalue weighted by molar-refractivity contribution is -0.135. The van der Waals surface area contributed by atoms with Crippen LogP contribution in [0.15, 0.2) is 35.2 Å².